The van der Waals surface area contributed by atoms with E-state index in [1.54, 1.807) is 0 Å². The Morgan fingerprint density at radius 3 is 2.92 bits per heavy atom. The van der Waals surface area contributed by atoms with Crippen LogP contribution in [0.15, 0.2) is 21.3 Å². The van der Waals surface area contributed by atoms with Crippen molar-refractivity contribution >= 4 is 23.1 Å². The summed E-state index contributed by atoms with van der Waals surface area (Å²) in [5.41, 5.74) is 2.41. The number of nitrogens with one attached hydrogen (secondary N) is 1. The average molecular weight is 184 g/mol. The van der Waals surface area contributed by atoms with E-state index >= 15 is 0 Å². The number of nitrogens with zero attached hydrogens (tertiary/aromatic N) is 2. The molecule has 2 aliphatic heterocycles. The van der Waals surface area contributed by atoms with Crippen LogP contribution in [-0.4, -0.2) is 17.7 Å². The fourth-order valence-electron chi connectivity index (χ4n) is 1.56. The number of allylic oxidation sites excluding steroid dienone is 1. The summed E-state index contributed by atoms with van der Waals surface area (Å²) in [7, 11) is 0. The van der Waals surface area contributed by atoms with E-state index in [9.17, 15) is 0 Å². The topological polar surface area (TPSA) is 36.8 Å². The van der Waals surface area contributed by atoms with Crippen molar-refractivity contribution in [2.24, 2.45) is 15.9 Å². The lowest BCUT2D eigenvalue weighted by Crippen LogP contribution is -2.32. The number of rotatable bonds is 0. The van der Waals surface area contributed by atoms with Crippen molar-refractivity contribution in [2.45, 2.75) is 20.0 Å². The molecular formula is C8H10ClN3. The van der Waals surface area contributed by atoms with Crippen molar-refractivity contribution in [3.8, 4) is 0 Å². The minimum Gasteiger partial charge on any atom is -0.367 e. The van der Waals surface area contributed by atoms with Crippen LogP contribution in [0.1, 0.15) is 13.8 Å². The highest BCUT2D eigenvalue weighted by molar-refractivity contribution is 6.67. The minimum atomic E-state index is 0.0787. The van der Waals surface area contributed by atoms with Gasteiger partial charge in [0.2, 0.25) is 0 Å². The van der Waals surface area contributed by atoms with E-state index in [1.807, 2.05) is 6.92 Å². The summed E-state index contributed by atoms with van der Waals surface area (Å²) in [5.74, 6) is 0.164. The van der Waals surface area contributed by atoms with Crippen molar-refractivity contribution in [1.29, 1.82) is 0 Å². The highest BCUT2D eigenvalue weighted by Crippen LogP contribution is 2.30. The molecule has 12 heavy (non-hydrogen) atoms. The molecule has 0 amide bonds. The van der Waals surface area contributed by atoms with E-state index in [2.05, 4.69) is 22.2 Å². The molecule has 4 heteroatoms. The van der Waals surface area contributed by atoms with E-state index < -0.39 is 0 Å². The third kappa shape index (κ3) is 0.966. The van der Waals surface area contributed by atoms with Gasteiger partial charge in [-0.3, -0.25) is 0 Å². The summed E-state index contributed by atoms with van der Waals surface area (Å²) in [6.07, 6.45) is 1.59. The maximum absolute atomic E-state index is 5.96. The van der Waals surface area contributed by atoms with Crippen LogP contribution in [0.3, 0.4) is 0 Å². The molecule has 0 spiro atoms. The summed E-state index contributed by atoms with van der Waals surface area (Å²) in [5, 5.41) is 3.89. The lowest BCUT2D eigenvalue weighted by atomic mass is 10.0. The van der Waals surface area contributed by atoms with Gasteiger partial charge in [-0.1, -0.05) is 11.6 Å². The van der Waals surface area contributed by atoms with Crippen LogP contribution in [0, 0.1) is 5.92 Å². The summed E-state index contributed by atoms with van der Waals surface area (Å²) < 4.78 is 0. The molecule has 0 aromatic carbocycles. The van der Waals surface area contributed by atoms with Crippen LogP contribution >= 0.6 is 11.6 Å². The fraction of sp³-hybridized carbons (Fsp3) is 0.500. The number of halogens is 1. The van der Waals surface area contributed by atoms with E-state index in [1.165, 1.54) is 11.9 Å². The summed E-state index contributed by atoms with van der Waals surface area (Å²) in [6.45, 7) is 4.10. The standard InChI is InChI=1S/C8H10ClN3/c1-4-5(2)12-8-6(4)7(9)10-3-11-8/h3,6,8,12H,1-2H3. The van der Waals surface area contributed by atoms with Crippen LogP contribution in [0.5, 0.6) is 0 Å². The van der Waals surface area contributed by atoms with Gasteiger partial charge in [0.15, 0.2) is 0 Å². The Labute approximate surface area is 76.2 Å². The molecule has 0 radical (unpaired) electrons. The summed E-state index contributed by atoms with van der Waals surface area (Å²) >= 11 is 5.96. The maximum atomic E-state index is 5.96. The molecule has 0 fully saturated rings. The molecule has 2 rings (SSSR count). The molecule has 2 aliphatic rings. The Morgan fingerprint density at radius 1 is 1.50 bits per heavy atom. The van der Waals surface area contributed by atoms with Gasteiger partial charge in [-0.2, -0.15) is 0 Å². The largest absolute Gasteiger partial charge is 0.367 e. The van der Waals surface area contributed by atoms with Crippen LogP contribution < -0.4 is 5.32 Å². The zero-order valence-electron chi connectivity index (χ0n) is 7.00. The lowest BCUT2D eigenvalue weighted by Gasteiger charge is -2.18. The first-order chi connectivity index (χ1) is 5.70. The van der Waals surface area contributed by atoms with Gasteiger partial charge < -0.3 is 5.32 Å². The van der Waals surface area contributed by atoms with Gasteiger partial charge in [-0.25, -0.2) is 9.98 Å². The Kier molecular flexibility index (Phi) is 1.68. The van der Waals surface area contributed by atoms with Gasteiger partial charge in [0.1, 0.15) is 17.7 Å². The molecule has 0 aromatic rings. The van der Waals surface area contributed by atoms with E-state index in [0.717, 1.165) is 5.70 Å². The van der Waals surface area contributed by atoms with Crippen LogP contribution in [-0.2, 0) is 0 Å². The zero-order chi connectivity index (χ0) is 8.72. The Balaban J connectivity index is 2.38. The second-order valence-electron chi connectivity index (χ2n) is 3.09. The molecule has 2 unspecified atom stereocenters. The van der Waals surface area contributed by atoms with Crippen LogP contribution in [0.25, 0.3) is 0 Å². The number of aliphatic imine (C=N–C) groups is 2. The number of hydrogen-bond donors (Lipinski definition) is 1. The van der Waals surface area contributed by atoms with E-state index in [0.29, 0.717) is 5.17 Å². The highest BCUT2D eigenvalue weighted by atomic mass is 35.5. The third-order valence-electron chi connectivity index (χ3n) is 2.40. The predicted molar refractivity (Wildman–Crippen MR) is 50.6 cm³/mol. The molecule has 0 aliphatic carbocycles. The third-order valence-corrected chi connectivity index (χ3v) is 2.74. The molecule has 0 aromatic heterocycles. The van der Waals surface area contributed by atoms with Gasteiger partial charge >= 0.3 is 0 Å². The zero-order valence-corrected chi connectivity index (χ0v) is 7.76. The minimum absolute atomic E-state index is 0.0787. The highest BCUT2D eigenvalue weighted by Gasteiger charge is 2.34. The van der Waals surface area contributed by atoms with Crippen molar-refractivity contribution in [1.82, 2.24) is 5.32 Å². The Bertz CT molecular complexity index is 303. The monoisotopic (exact) mass is 183 g/mol. The second kappa shape index (κ2) is 2.59. The SMILES string of the molecule is CC1=C(C)C2C(Cl)=NC=NC2N1. The molecular weight excluding hydrogens is 174 g/mol. The Hall–Kier alpha value is -0.830. The van der Waals surface area contributed by atoms with Gasteiger partial charge in [-0.05, 0) is 19.4 Å². The number of hydrogen-bond acceptors (Lipinski definition) is 3. The smallest absolute Gasteiger partial charge is 0.133 e. The Morgan fingerprint density at radius 2 is 2.25 bits per heavy atom. The first-order valence-corrected chi connectivity index (χ1v) is 4.26. The predicted octanol–water partition coefficient (Wildman–Crippen LogP) is 1.50. The maximum Gasteiger partial charge on any atom is 0.133 e. The fourth-order valence-corrected chi connectivity index (χ4v) is 1.89. The molecule has 2 heterocycles. The average Bonchev–Trinajstić information content (AvgIpc) is 2.29. The van der Waals surface area contributed by atoms with Crippen LogP contribution in [0.2, 0.25) is 0 Å². The molecule has 2 atom stereocenters. The van der Waals surface area contributed by atoms with Gasteiger partial charge in [0.05, 0.1) is 5.92 Å². The van der Waals surface area contributed by atoms with E-state index in [4.69, 9.17) is 11.6 Å². The van der Waals surface area contributed by atoms with Crippen molar-refractivity contribution in [3.63, 3.8) is 0 Å². The molecule has 64 valence electrons. The number of fused-ring (bicyclic) bond motifs is 1. The van der Waals surface area contributed by atoms with Crippen molar-refractivity contribution in [3.05, 3.63) is 11.3 Å². The molecule has 0 bridgehead atoms. The van der Waals surface area contributed by atoms with Gasteiger partial charge in [0.25, 0.3) is 0 Å². The quantitative estimate of drug-likeness (QED) is 0.607. The second-order valence-corrected chi connectivity index (χ2v) is 3.48. The van der Waals surface area contributed by atoms with Crippen molar-refractivity contribution in [2.75, 3.05) is 0 Å². The first kappa shape index (κ1) is 7.80. The summed E-state index contributed by atoms with van der Waals surface area (Å²) in [4.78, 5) is 8.17. The van der Waals surface area contributed by atoms with Gasteiger partial charge in [-0.15, -0.1) is 0 Å². The normalized spacial score (nSPS) is 33.1. The van der Waals surface area contributed by atoms with Crippen molar-refractivity contribution < 1.29 is 0 Å². The van der Waals surface area contributed by atoms with Gasteiger partial charge in [0, 0.05) is 5.70 Å². The first-order valence-electron chi connectivity index (χ1n) is 3.89. The van der Waals surface area contributed by atoms with Crippen LogP contribution in [0.4, 0.5) is 0 Å². The lowest BCUT2D eigenvalue weighted by molar-refractivity contribution is 0.576. The molecule has 3 nitrogen and oxygen atoms in total. The summed E-state index contributed by atoms with van der Waals surface area (Å²) in [6, 6.07) is 0. The molecule has 1 N–H and O–H groups in total. The molecule has 0 saturated heterocycles. The molecule has 0 saturated carbocycles. The van der Waals surface area contributed by atoms with E-state index in [-0.39, 0.29) is 12.1 Å².